The fraction of sp³-hybridized carbons (Fsp3) is 0.300. The van der Waals surface area contributed by atoms with Crippen molar-refractivity contribution in [3.8, 4) is 0 Å². The van der Waals surface area contributed by atoms with Crippen LogP contribution in [0.15, 0.2) is 21.8 Å². The third kappa shape index (κ3) is 2.10. The van der Waals surface area contributed by atoms with Crippen molar-refractivity contribution in [1.82, 2.24) is 0 Å². The second-order valence-electron chi connectivity index (χ2n) is 2.84. The van der Waals surface area contributed by atoms with Crippen LogP contribution in [0.2, 0.25) is 0 Å². The van der Waals surface area contributed by atoms with E-state index in [1.165, 1.54) is 11.8 Å². The lowest BCUT2D eigenvalue weighted by Crippen LogP contribution is -1.95. The van der Waals surface area contributed by atoms with E-state index in [0.717, 1.165) is 22.0 Å². The molecule has 0 bridgehead atoms. The third-order valence-corrected chi connectivity index (χ3v) is 2.97. The summed E-state index contributed by atoms with van der Waals surface area (Å²) < 4.78 is 1.04. The normalized spacial score (nSPS) is 11.0. The molecular formula is C10H12BrNO. The van der Waals surface area contributed by atoms with Gasteiger partial charge in [0.2, 0.25) is 0 Å². The molecule has 1 aromatic rings. The molecule has 0 heterocycles. The minimum Gasteiger partial charge on any atom is -0.411 e. The predicted molar refractivity (Wildman–Crippen MR) is 57.6 cm³/mol. The molecule has 3 heteroatoms. The highest BCUT2D eigenvalue weighted by molar-refractivity contribution is 9.10. The smallest absolute Gasteiger partial charge is 0.0739 e. The fourth-order valence-electron chi connectivity index (χ4n) is 1.30. The molecular weight excluding hydrogens is 230 g/mol. The first-order chi connectivity index (χ1) is 6.20. The molecule has 0 atom stereocenters. The third-order valence-electron chi connectivity index (χ3n) is 2.11. The number of oxime groups is 1. The zero-order valence-corrected chi connectivity index (χ0v) is 9.30. The summed E-state index contributed by atoms with van der Waals surface area (Å²) in [5, 5.41) is 11.6. The molecule has 1 N–H and O–H groups in total. The van der Waals surface area contributed by atoms with Gasteiger partial charge in [0.1, 0.15) is 0 Å². The molecule has 13 heavy (non-hydrogen) atoms. The topological polar surface area (TPSA) is 32.6 Å². The van der Waals surface area contributed by atoms with Gasteiger partial charge < -0.3 is 5.21 Å². The Balaban J connectivity index is 3.32. The highest BCUT2D eigenvalue weighted by Gasteiger charge is 2.04. The lowest BCUT2D eigenvalue weighted by atomic mass is 10.0. The average Bonchev–Trinajstić information content (AvgIpc) is 2.14. The van der Waals surface area contributed by atoms with Gasteiger partial charge in [0.15, 0.2) is 0 Å². The minimum absolute atomic E-state index is 0.940. The zero-order valence-electron chi connectivity index (χ0n) is 7.71. The molecule has 2 nitrogen and oxygen atoms in total. The second-order valence-corrected chi connectivity index (χ2v) is 3.70. The predicted octanol–water partition coefficient (Wildman–Crippen LogP) is 3.13. The Kier molecular flexibility index (Phi) is 3.48. The number of aryl methyl sites for hydroxylation is 1. The molecule has 0 aliphatic heterocycles. The van der Waals surface area contributed by atoms with Gasteiger partial charge in [-0.15, -0.1) is 0 Å². The summed E-state index contributed by atoms with van der Waals surface area (Å²) in [4.78, 5) is 0. The first kappa shape index (κ1) is 10.3. The second kappa shape index (κ2) is 4.42. The standard InChI is InChI=1S/C10H12BrNO/c1-3-8-4-5-10(11)7(2)9(8)6-12-13/h4-6,13H,3H2,1-2H3/b12-6-. The Morgan fingerprint density at radius 2 is 2.23 bits per heavy atom. The van der Waals surface area contributed by atoms with E-state index >= 15 is 0 Å². The van der Waals surface area contributed by atoms with Crippen LogP contribution >= 0.6 is 15.9 Å². The minimum atomic E-state index is 0.940. The van der Waals surface area contributed by atoms with Crippen molar-refractivity contribution in [2.45, 2.75) is 20.3 Å². The van der Waals surface area contributed by atoms with Crippen LogP contribution in [0.3, 0.4) is 0 Å². The summed E-state index contributed by atoms with van der Waals surface area (Å²) in [6.45, 7) is 4.08. The maximum atomic E-state index is 8.51. The first-order valence-electron chi connectivity index (χ1n) is 4.16. The Bertz CT molecular complexity index is 334. The molecule has 1 aromatic carbocycles. The molecule has 0 aromatic heterocycles. The van der Waals surface area contributed by atoms with E-state index in [-0.39, 0.29) is 0 Å². The van der Waals surface area contributed by atoms with Crippen LogP contribution in [0.25, 0.3) is 0 Å². The van der Waals surface area contributed by atoms with E-state index < -0.39 is 0 Å². The van der Waals surface area contributed by atoms with Crippen molar-refractivity contribution >= 4 is 22.1 Å². The molecule has 0 aliphatic rings. The molecule has 70 valence electrons. The summed E-state index contributed by atoms with van der Waals surface area (Å²) in [6.07, 6.45) is 2.42. The van der Waals surface area contributed by atoms with Crippen LogP contribution in [0.5, 0.6) is 0 Å². The summed E-state index contributed by atoms with van der Waals surface area (Å²) in [5.74, 6) is 0. The molecule has 1 rings (SSSR count). The van der Waals surface area contributed by atoms with Gasteiger partial charge in [-0.25, -0.2) is 0 Å². The largest absolute Gasteiger partial charge is 0.411 e. The van der Waals surface area contributed by atoms with Gasteiger partial charge in [0.05, 0.1) is 6.21 Å². The van der Waals surface area contributed by atoms with Gasteiger partial charge in [-0.05, 0) is 30.5 Å². The van der Waals surface area contributed by atoms with Crippen molar-refractivity contribution < 1.29 is 5.21 Å². The molecule has 0 amide bonds. The van der Waals surface area contributed by atoms with Crippen LogP contribution in [0.1, 0.15) is 23.6 Å². The van der Waals surface area contributed by atoms with Gasteiger partial charge in [0.25, 0.3) is 0 Å². The van der Waals surface area contributed by atoms with Crippen molar-refractivity contribution in [3.05, 3.63) is 33.3 Å². The summed E-state index contributed by atoms with van der Waals surface area (Å²) in [5.41, 5.74) is 3.30. The molecule has 0 unspecified atom stereocenters. The van der Waals surface area contributed by atoms with E-state index in [0.29, 0.717) is 0 Å². The van der Waals surface area contributed by atoms with Gasteiger partial charge in [-0.2, -0.15) is 0 Å². The quantitative estimate of drug-likeness (QED) is 0.482. The fourth-order valence-corrected chi connectivity index (χ4v) is 1.65. The summed E-state index contributed by atoms with van der Waals surface area (Å²) in [6, 6.07) is 4.05. The van der Waals surface area contributed by atoms with Gasteiger partial charge in [-0.3, -0.25) is 0 Å². The molecule has 0 spiro atoms. The van der Waals surface area contributed by atoms with Gasteiger partial charge in [0, 0.05) is 10.0 Å². The van der Waals surface area contributed by atoms with Gasteiger partial charge in [-0.1, -0.05) is 34.1 Å². The number of rotatable bonds is 2. The summed E-state index contributed by atoms with van der Waals surface area (Å²) in [7, 11) is 0. The Morgan fingerprint density at radius 1 is 1.54 bits per heavy atom. The summed E-state index contributed by atoms with van der Waals surface area (Å²) >= 11 is 3.44. The maximum absolute atomic E-state index is 8.51. The van der Waals surface area contributed by atoms with Gasteiger partial charge >= 0.3 is 0 Å². The van der Waals surface area contributed by atoms with Crippen LogP contribution < -0.4 is 0 Å². The number of hydrogen-bond acceptors (Lipinski definition) is 2. The van der Waals surface area contributed by atoms with E-state index in [1.54, 1.807) is 0 Å². The van der Waals surface area contributed by atoms with Crippen molar-refractivity contribution in [2.75, 3.05) is 0 Å². The average molecular weight is 242 g/mol. The lowest BCUT2D eigenvalue weighted by molar-refractivity contribution is 0.322. The zero-order chi connectivity index (χ0) is 9.84. The SMILES string of the molecule is CCc1ccc(Br)c(C)c1/C=N\O. The van der Waals surface area contributed by atoms with Crippen molar-refractivity contribution in [2.24, 2.45) is 5.16 Å². The van der Waals surface area contributed by atoms with E-state index in [2.05, 4.69) is 28.0 Å². The van der Waals surface area contributed by atoms with Crippen LogP contribution in [-0.4, -0.2) is 11.4 Å². The number of hydrogen-bond donors (Lipinski definition) is 1. The number of benzene rings is 1. The molecule has 0 aliphatic carbocycles. The first-order valence-corrected chi connectivity index (χ1v) is 4.95. The number of nitrogens with zero attached hydrogens (tertiary/aromatic N) is 1. The maximum Gasteiger partial charge on any atom is 0.0739 e. The highest BCUT2D eigenvalue weighted by atomic mass is 79.9. The Morgan fingerprint density at radius 3 is 2.77 bits per heavy atom. The molecule has 0 radical (unpaired) electrons. The monoisotopic (exact) mass is 241 g/mol. The van der Waals surface area contributed by atoms with Crippen molar-refractivity contribution in [1.29, 1.82) is 0 Å². The molecule has 0 saturated heterocycles. The lowest BCUT2D eigenvalue weighted by Gasteiger charge is -2.07. The Hall–Kier alpha value is -0.830. The van der Waals surface area contributed by atoms with Crippen molar-refractivity contribution in [3.63, 3.8) is 0 Å². The van der Waals surface area contributed by atoms with Crippen LogP contribution in [0, 0.1) is 6.92 Å². The van der Waals surface area contributed by atoms with Crippen LogP contribution in [-0.2, 0) is 6.42 Å². The molecule has 0 saturated carbocycles. The van der Waals surface area contributed by atoms with E-state index in [4.69, 9.17) is 5.21 Å². The Labute approximate surface area is 86.4 Å². The van der Waals surface area contributed by atoms with Crippen LogP contribution in [0.4, 0.5) is 0 Å². The molecule has 0 fully saturated rings. The number of halogens is 1. The highest BCUT2D eigenvalue weighted by Crippen LogP contribution is 2.22. The van der Waals surface area contributed by atoms with E-state index in [1.807, 2.05) is 19.1 Å². The van der Waals surface area contributed by atoms with E-state index in [9.17, 15) is 0 Å².